The van der Waals surface area contributed by atoms with E-state index >= 15 is 0 Å². The summed E-state index contributed by atoms with van der Waals surface area (Å²) in [5.41, 5.74) is 0.450. The fraction of sp³-hybridized carbons (Fsp3) is 0.500. The number of nitrogens with one attached hydrogen (secondary N) is 2. The van der Waals surface area contributed by atoms with Crippen LogP contribution in [0.5, 0.6) is 0 Å². The quantitative estimate of drug-likeness (QED) is 0.727. The molecule has 1 fully saturated rings. The number of amides is 1. The minimum atomic E-state index is -0.795. The van der Waals surface area contributed by atoms with E-state index in [0.29, 0.717) is 29.6 Å². The molecule has 2 N–H and O–H groups in total. The van der Waals surface area contributed by atoms with Gasteiger partial charge in [0.15, 0.2) is 6.10 Å². The molecule has 1 unspecified atom stereocenters. The summed E-state index contributed by atoms with van der Waals surface area (Å²) >= 11 is 0. The summed E-state index contributed by atoms with van der Waals surface area (Å²) in [5.74, 6) is -0.124. The number of carbonyl (C=O) groups is 2. The smallest absolute Gasteiger partial charge is 0.306 e. The van der Waals surface area contributed by atoms with E-state index in [0.717, 1.165) is 25.7 Å². The topological polar surface area (TPSA) is 101 Å². The van der Waals surface area contributed by atoms with Gasteiger partial charge in [-0.15, -0.1) is 0 Å². The van der Waals surface area contributed by atoms with Gasteiger partial charge >= 0.3 is 5.97 Å². The molecule has 1 saturated carbocycles. The molecule has 1 amide bonds. The molecule has 27 heavy (non-hydrogen) atoms. The zero-order chi connectivity index (χ0) is 19.2. The van der Waals surface area contributed by atoms with E-state index < -0.39 is 12.1 Å². The lowest BCUT2D eigenvalue weighted by atomic mass is 10.2. The first-order valence-corrected chi connectivity index (χ1v) is 9.51. The molecule has 144 valence electrons. The number of rotatable bonds is 7. The average Bonchev–Trinajstić information content (AvgIpc) is 3.14. The van der Waals surface area contributed by atoms with Gasteiger partial charge in [-0.25, -0.2) is 4.98 Å². The summed E-state index contributed by atoms with van der Waals surface area (Å²) in [7, 11) is 0. The maximum absolute atomic E-state index is 12.1. The average molecular weight is 371 g/mol. The Hall–Kier alpha value is -2.70. The van der Waals surface area contributed by atoms with Crippen molar-refractivity contribution in [3.05, 3.63) is 40.4 Å². The Balaban J connectivity index is 1.45. The molecule has 1 aliphatic rings. The van der Waals surface area contributed by atoms with Gasteiger partial charge < -0.3 is 15.0 Å². The highest BCUT2D eigenvalue weighted by atomic mass is 16.5. The highest BCUT2D eigenvalue weighted by Crippen LogP contribution is 2.17. The Morgan fingerprint density at radius 2 is 2.04 bits per heavy atom. The van der Waals surface area contributed by atoms with Crippen LogP contribution in [-0.2, 0) is 20.7 Å². The summed E-state index contributed by atoms with van der Waals surface area (Å²) in [4.78, 5) is 43.2. The maximum Gasteiger partial charge on any atom is 0.306 e. The zero-order valence-corrected chi connectivity index (χ0v) is 15.5. The number of benzene rings is 1. The Morgan fingerprint density at radius 3 is 2.81 bits per heavy atom. The Morgan fingerprint density at radius 1 is 1.30 bits per heavy atom. The fourth-order valence-electron chi connectivity index (χ4n) is 3.35. The Labute approximate surface area is 157 Å². The molecule has 7 nitrogen and oxygen atoms in total. The fourth-order valence-corrected chi connectivity index (χ4v) is 3.35. The van der Waals surface area contributed by atoms with Crippen LogP contribution in [-0.4, -0.2) is 34.0 Å². The van der Waals surface area contributed by atoms with Crippen LogP contribution in [0.3, 0.4) is 0 Å². The van der Waals surface area contributed by atoms with Gasteiger partial charge in [-0.1, -0.05) is 25.0 Å². The second-order valence-electron chi connectivity index (χ2n) is 7.01. The molecular weight excluding hydrogens is 346 g/mol. The lowest BCUT2D eigenvalue weighted by Gasteiger charge is -2.17. The van der Waals surface area contributed by atoms with Crippen molar-refractivity contribution in [3.8, 4) is 0 Å². The number of hydrogen-bond donors (Lipinski definition) is 2. The molecule has 1 aliphatic carbocycles. The number of aryl methyl sites for hydroxylation is 1. The third-order valence-corrected chi connectivity index (χ3v) is 4.84. The van der Waals surface area contributed by atoms with Gasteiger partial charge in [-0.3, -0.25) is 14.4 Å². The first-order chi connectivity index (χ1) is 13.0. The molecule has 1 atom stereocenters. The van der Waals surface area contributed by atoms with Crippen molar-refractivity contribution in [2.24, 2.45) is 0 Å². The monoisotopic (exact) mass is 371 g/mol. The van der Waals surface area contributed by atoms with Crippen LogP contribution in [0.2, 0.25) is 0 Å². The van der Waals surface area contributed by atoms with Crippen molar-refractivity contribution < 1.29 is 14.3 Å². The number of ether oxygens (including phenoxy) is 1. The number of aromatic amines is 1. The highest BCUT2D eigenvalue weighted by Gasteiger charge is 2.22. The van der Waals surface area contributed by atoms with E-state index in [1.165, 1.54) is 0 Å². The normalized spacial score (nSPS) is 15.6. The largest absolute Gasteiger partial charge is 0.453 e. The predicted octanol–water partition coefficient (Wildman–Crippen LogP) is 2.24. The van der Waals surface area contributed by atoms with Crippen molar-refractivity contribution in [3.63, 3.8) is 0 Å². The van der Waals surface area contributed by atoms with E-state index in [2.05, 4.69) is 15.3 Å². The molecule has 0 bridgehead atoms. The minimum absolute atomic E-state index is 0.164. The van der Waals surface area contributed by atoms with E-state index in [9.17, 15) is 14.4 Å². The molecule has 0 radical (unpaired) electrons. The number of hydrogen-bond acceptors (Lipinski definition) is 5. The van der Waals surface area contributed by atoms with Gasteiger partial charge in [0.05, 0.1) is 10.9 Å². The summed E-state index contributed by atoms with van der Waals surface area (Å²) in [6.07, 6.45) is 4.55. The first-order valence-electron chi connectivity index (χ1n) is 9.51. The maximum atomic E-state index is 12.1. The number of fused-ring (bicyclic) bond motifs is 1. The van der Waals surface area contributed by atoms with Gasteiger partial charge in [0.2, 0.25) is 0 Å². The predicted molar refractivity (Wildman–Crippen MR) is 101 cm³/mol. The van der Waals surface area contributed by atoms with Crippen LogP contribution in [0.4, 0.5) is 0 Å². The number of nitrogens with zero attached hydrogens (tertiary/aromatic N) is 1. The lowest BCUT2D eigenvalue weighted by molar-refractivity contribution is -0.155. The number of H-pyrrole nitrogens is 1. The third-order valence-electron chi connectivity index (χ3n) is 4.84. The van der Waals surface area contributed by atoms with Gasteiger partial charge in [0.25, 0.3) is 11.5 Å². The van der Waals surface area contributed by atoms with Gasteiger partial charge in [0.1, 0.15) is 5.82 Å². The van der Waals surface area contributed by atoms with Gasteiger partial charge in [-0.2, -0.15) is 0 Å². The summed E-state index contributed by atoms with van der Waals surface area (Å²) in [5, 5.41) is 3.47. The molecule has 0 saturated heterocycles. The molecule has 3 rings (SSSR count). The molecule has 0 spiro atoms. The van der Waals surface area contributed by atoms with Crippen LogP contribution in [0.15, 0.2) is 29.1 Å². The number of esters is 1. The van der Waals surface area contributed by atoms with Crippen molar-refractivity contribution in [1.82, 2.24) is 15.3 Å². The van der Waals surface area contributed by atoms with Crippen LogP contribution in [0.25, 0.3) is 10.9 Å². The zero-order valence-electron chi connectivity index (χ0n) is 15.5. The second kappa shape index (κ2) is 8.79. The van der Waals surface area contributed by atoms with Crippen LogP contribution in [0, 0.1) is 0 Å². The third kappa shape index (κ3) is 5.15. The van der Waals surface area contributed by atoms with E-state index in [4.69, 9.17) is 4.74 Å². The number of carbonyl (C=O) groups excluding carboxylic acids is 2. The van der Waals surface area contributed by atoms with Crippen molar-refractivity contribution in [1.29, 1.82) is 0 Å². The van der Waals surface area contributed by atoms with Crippen molar-refractivity contribution >= 4 is 22.8 Å². The van der Waals surface area contributed by atoms with Crippen molar-refractivity contribution in [2.45, 2.75) is 64.0 Å². The molecule has 1 heterocycles. The molecule has 2 aromatic rings. The van der Waals surface area contributed by atoms with Crippen molar-refractivity contribution in [2.75, 3.05) is 0 Å². The molecule has 7 heteroatoms. The van der Waals surface area contributed by atoms with Crippen LogP contribution < -0.4 is 10.9 Å². The Bertz CT molecular complexity index is 871. The van der Waals surface area contributed by atoms with E-state index in [1.807, 2.05) is 6.07 Å². The summed E-state index contributed by atoms with van der Waals surface area (Å²) < 4.78 is 5.21. The molecular formula is C20H25N3O4. The SMILES string of the molecule is CC(OC(=O)CCCc1nc2ccccc2c(=O)[nH]1)C(=O)NC1CCCC1. The molecule has 1 aromatic carbocycles. The van der Waals surface area contributed by atoms with Gasteiger partial charge in [0, 0.05) is 18.9 Å². The highest BCUT2D eigenvalue weighted by molar-refractivity contribution is 5.83. The molecule has 1 aromatic heterocycles. The molecule has 0 aliphatic heterocycles. The first kappa shape index (κ1) is 19.1. The lowest BCUT2D eigenvalue weighted by Crippen LogP contribution is -2.40. The van der Waals surface area contributed by atoms with Crippen LogP contribution >= 0.6 is 0 Å². The van der Waals surface area contributed by atoms with E-state index in [-0.39, 0.29) is 23.9 Å². The minimum Gasteiger partial charge on any atom is -0.453 e. The Kier molecular flexibility index (Phi) is 6.21. The standard InChI is InChI=1S/C20H25N3O4/c1-13(19(25)21-14-7-2-3-8-14)27-18(24)12-6-11-17-22-16-10-5-4-9-15(16)20(26)23-17/h4-5,9-10,13-14H,2-3,6-8,11-12H2,1H3,(H,21,25)(H,22,23,26). The van der Waals surface area contributed by atoms with Gasteiger partial charge in [-0.05, 0) is 38.3 Å². The van der Waals surface area contributed by atoms with Crippen LogP contribution in [0.1, 0.15) is 51.3 Å². The number of para-hydroxylation sites is 1. The summed E-state index contributed by atoms with van der Waals surface area (Å²) in [6, 6.07) is 7.33. The summed E-state index contributed by atoms with van der Waals surface area (Å²) in [6.45, 7) is 1.59. The second-order valence-corrected chi connectivity index (χ2v) is 7.01. The van der Waals surface area contributed by atoms with E-state index in [1.54, 1.807) is 25.1 Å². The number of aromatic nitrogens is 2.